The highest BCUT2D eigenvalue weighted by Gasteiger charge is 2.47. The average molecular weight is 579 g/mol. The summed E-state index contributed by atoms with van der Waals surface area (Å²) < 4.78 is 65.4. The number of carbonyl (C=O) groups excluding carboxylic acids is 2. The smallest absolute Gasteiger partial charge is 0.252 e. The minimum absolute atomic E-state index is 0.0361. The Hall–Kier alpha value is -2.30. The van der Waals surface area contributed by atoms with Gasteiger partial charge in [-0.25, -0.2) is 21.6 Å². The summed E-state index contributed by atoms with van der Waals surface area (Å²) in [6.07, 6.45) is -1.11. The second-order valence-corrected chi connectivity index (χ2v) is 12.0. The van der Waals surface area contributed by atoms with Crippen molar-refractivity contribution in [2.45, 2.75) is 50.1 Å². The molecule has 0 saturated heterocycles. The van der Waals surface area contributed by atoms with E-state index >= 15 is 0 Å². The molecule has 0 aromatic heterocycles. The van der Waals surface area contributed by atoms with Crippen LogP contribution in [0.2, 0.25) is 5.02 Å². The lowest BCUT2D eigenvalue weighted by atomic mass is 9.87. The van der Waals surface area contributed by atoms with Gasteiger partial charge in [0.05, 0.1) is 11.5 Å². The maximum Gasteiger partial charge on any atom is 0.252 e. The monoisotopic (exact) mass is 578 g/mol. The number of carbonyl (C=O) groups is 2. The number of alkyl halides is 3. The van der Waals surface area contributed by atoms with Gasteiger partial charge in [0.25, 0.3) is 5.92 Å². The van der Waals surface area contributed by atoms with E-state index in [1.807, 2.05) is 0 Å². The quantitative estimate of drug-likeness (QED) is 0.347. The molecule has 202 valence electrons. The van der Waals surface area contributed by atoms with Gasteiger partial charge in [-0.1, -0.05) is 35.9 Å². The van der Waals surface area contributed by atoms with Crippen molar-refractivity contribution in [1.29, 1.82) is 0 Å². The largest absolute Gasteiger partial charge is 0.351 e. The van der Waals surface area contributed by atoms with E-state index in [9.17, 15) is 31.2 Å². The van der Waals surface area contributed by atoms with E-state index in [1.54, 1.807) is 12.1 Å². The van der Waals surface area contributed by atoms with Gasteiger partial charge in [0.15, 0.2) is 0 Å². The molecular weight excluding hydrogens is 552 g/mol. The van der Waals surface area contributed by atoms with Crippen LogP contribution in [0.15, 0.2) is 48.5 Å². The van der Waals surface area contributed by atoms with E-state index < -0.39 is 58.3 Å². The summed E-state index contributed by atoms with van der Waals surface area (Å²) >= 11 is 11.9. The average Bonchev–Trinajstić information content (AvgIpc) is 2.80. The molecule has 1 aliphatic carbocycles. The Balaban J connectivity index is 1.94. The number of nitrogens with one attached hydrogen (secondary N) is 1. The number of benzene rings is 2. The van der Waals surface area contributed by atoms with Gasteiger partial charge in [-0.2, -0.15) is 0 Å². The minimum atomic E-state index is -3.44. The molecule has 1 unspecified atom stereocenters. The fourth-order valence-corrected chi connectivity index (χ4v) is 6.04. The van der Waals surface area contributed by atoms with Crippen LogP contribution in [0.1, 0.15) is 43.7 Å². The summed E-state index contributed by atoms with van der Waals surface area (Å²) in [6, 6.07) is 9.02. The Bertz CT molecular complexity index is 1220. The van der Waals surface area contributed by atoms with Crippen LogP contribution in [0.3, 0.4) is 0 Å². The first-order valence-electron chi connectivity index (χ1n) is 11.7. The van der Waals surface area contributed by atoms with Gasteiger partial charge in [-0.15, -0.1) is 11.6 Å². The molecule has 1 saturated carbocycles. The van der Waals surface area contributed by atoms with Gasteiger partial charge in [-0.05, 0) is 37.1 Å². The van der Waals surface area contributed by atoms with Crippen LogP contribution < -0.4 is 10.2 Å². The molecule has 2 aromatic carbocycles. The molecule has 3 rings (SSSR count). The highest BCUT2D eigenvalue weighted by atomic mass is 35.5. The van der Waals surface area contributed by atoms with Crippen molar-refractivity contribution in [3.63, 3.8) is 0 Å². The number of halogens is 5. The normalized spacial score (nSPS) is 16.0. The molecule has 2 aromatic rings. The van der Waals surface area contributed by atoms with Crippen LogP contribution in [0.4, 0.5) is 18.9 Å². The second-order valence-electron chi connectivity index (χ2n) is 8.94. The van der Waals surface area contributed by atoms with Crippen LogP contribution in [0, 0.1) is 5.82 Å². The molecule has 0 spiro atoms. The molecule has 0 bridgehead atoms. The van der Waals surface area contributed by atoms with Crippen molar-refractivity contribution < 1.29 is 31.2 Å². The predicted octanol–water partition coefficient (Wildman–Crippen LogP) is 5.29. The van der Waals surface area contributed by atoms with E-state index in [0.717, 1.165) is 17.0 Å². The lowest BCUT2D eigenvalue weighted by Gasteiger charge is -2.38. The van der Waals surface area contributed by atoms with Crippen molar-refractivity contribution in [2.24, 2.45) is 0 Å². The van der Waals surface area contributed by atoms with Crippen LogP contribution in [0.25, 0.3) is 0 Å². The number of amides is 2. The summed E-state index contributed by atoms with van der Waals surface area (Å²) in [4.78, 5) is 28.0. The molecule has 37 heavy (non-hydrogen) atoms. The van der Waals surface area contributed by atoms with E-state index in [-0.39, 0.29) is 52.9 Å². The number of sulfone groups is 1. The molecule has 0 heterocycles. The van der Waals surface area contributed by atoms with Crippen LogP contribution >= 0.6 is 23.2 Å². The lowest BCUT2D eigenvalue weighted by molar-refractivity contribution is -0.132. The third-order valence-electron chi connectivity index (χ3n) is 5.93. The number of nitrogens with zero attached hydrogens (tertiary/aromatic N) is 1. The Labute approximate surface area is 224 Å². The summed E-state index contributed by atoms with van der Waals surface area (Å²) in [5.74, 6) is -5.17. The molecule has 1 fully saturated rings. The molecule has 1 aliphatic rings. The maximum atomic E-state index is 14.2. The van der Waals surface area contributed by atoms with Gasteiger partial charge >= 0.3 is 0 Å². The molecule has 1 atom stereocenters. The Morgan fingerprint density at radius 3 is 2.38 bits per heavy atom. The van der Waals surface area contributed by atoms with E-state index in [4.69, 9.17) is 23.2 Å². The standard InChI is InChI=1S/C25H27Cl2F3N2O4S/c26-11-5-13-37(35,36)12-4-10-22(33)32(19-7-3-6-17(28)14-19)23(20-8-1-2-9-21(20)27)24(34)31-18-15-25(29,30)16-18/h1-3,6-9,14,18,23H,4-5,10-13,15-16H2,(H,31,34). The number of hydrogen-bond donors (Lipinski definition) is 1. The summed E-state index contributed by atoms with van der Waals surface area (Å²) in [6.45, 7) is 0. The first kappa shape index (κ1) is 29.3. The molecule has 2 amide bonds. The van der Waals surface area contributed by atoms with Crippen molar-refractivity contribution in [2.75, 3.05) is 22.3 Å². The zero-order valence-electron chi connectivity index (χ0n) is 19.8. The summed E-state index contributed by atoms with van der Waals surface area (Å²) in [5.41, 5.74) is 0.245. The van der Waals surface area contributed by atoms with Crippen LogP contribution in [0.5, 0.6) is 0 Å². The third kappa shape index (κ3) is 8.09. The van der Waals surface area contributed by atoms with Gasteiger partial charge in [0.2, 0.25) is 11.8 Å². The fourth-order valence-electron chi connectivity index (χ4n) is 4.14. The minimum Gasteiger partial charge on any atom is -0.351 e. The van der Waals surface area contributed by atoms with Crippen molar-refractivity contribution in [1.82, 2.24) is 5.32 Å². The molecule has 1 N–H and O–H groups in total. The number of hydrogen-bond acceptors (Lipinski definition) is 4. The van der Waals surface area contributed by atoms with E-state index in [0.29, 0.717) is 0 Å². The highest BCUT2D eigenvalue weighted by molar-refractivity contribution is 7.91. The Morgan fingerprint density at radius 1 is 1.08 bits per heavy atom. The number of rotatable bonds is 12. The highest BCUT2D eigenvalue weighted by Crippen LogP contribution is 2.39. The first-order chi connectivity index (χ1) is 17.4. The topological polar surface area (TPSA) is 83.6 Å². The van der Waals surface area contributed by atoms with Crippen molar-refractivity contribution in [3.05, 3.63) is 64.9 Å². The second kappa shape index (κ2) is 12.5. The molecule has 12 heteroatoms. The molecular formula is C25H27Cl2F3N2O4S. The van der Waals surface area contributed by atoms with Crippen LogP contribution in [-0.4, -0.2) is 49.6 Å². The molecule has 0 aliphatic heterocycles. The predicted molar refractivity (Wildman–Crippen MR) is 137 cm³/mol. The van der Waals surface area contributed by atoms with Crippen molar-refractivity contribution >= 4 is 50.5 Å². The van der Waals surface area contributed by atoms with E-state index in [2.05, 4.69) is 5.32 Å². The van der Waals surface area contributed by atoms with Gasteiger partial charge in [0.1, 0.15) is 21.7 Å². The molecule has 6 nitrogen and oxygen atoms in total. The maximum absolute atomic E-state index is 14.2. The van der Waals surface area contributed by atoms with Gasteiger partial charge < -0.3 is 5.32 Å². The number of anilines is 1. The summed E-state index contributed by atoms with van der Waals surface area (Å²) in [7, 11) is -3.44. The Kier molecular flexibility index (Phi) is 9.88. The first-order valence-corrected chi connectivity index (χ1v) is 14.4. The zero-order valence-corrected chi connectivity index (χ0v) is 22.1. The SMILES string of the molecule is O=C(NC1CC(F)(F)C1)C(c1ccccc1Cl)N(C(=O)CCCS(=O)(=O)CCCCl)c1cccc(F)c1. The van der Waals surface area contributed by atoms with E-state index in [1.165, 1.54) is 24.3 Å². The van der Waals surface area contributed by atoms with Gasteiger partial charge in [0, 0.05) is 47.5 Å². The third-order valence-corrected chi connectivity index (χ3v) is 8.37. The molecule has 0 radical (unpaired) electrons. The van der Waals surface area contributed by atoms with Gasteiger partial charge in [-0.3, -0.25) is 14.5 Å². The van der Waals surface area contributed by atoms with Crippen LogP contribution in [-0.2, 0) is 19.4 Å². The van der Waals surface area contributed by atoms with Crippen molar-refractivity contribution in [3.8, 4) is 0 Å². The lowest BCUT2D eigenvalue weighted by Crippen LogP contribution is -2.54. The summed E-state index contributed by atoms with van der Waals surface area (Å²) in [5, 5.41) is 2.69. The Morgan fingerprint density at radius 2 is 1.76 bits per heavy atom. The fraction of sp³-hybridized carbons (Fsp3) is 0.440. The zero-order chi connectivity index (χ0) is 27.2.